The Hall–Kier alpha value is -0.203. The van der Waals surface area contributed by atoms with Crippen molar-refractivity contribution < 1.29 is 19.0 Å². The van der Waals surface area contributed by atoms with Gasteiger partial charge < -0.3 is 19.0 Å². The summed E-state index contributed by atoms with van der Waals surface area (Å²) in [6.45, 7) is 12.2. The van der Waals surface area contributed by atoms with Crippen molar-refractivity contribution in [2.45, 2.75) is 45.0 Å². The smallest absolute Gasteiger partial charge is 0.191 e. The van der Waals surface area contributed by atoms with Crippen LogP contribution in [0.15, 0.2) is 12.2 Å². The van der Waals surface area contributed by atoms with E-state index in [0.717, 1.165) is 0 Å². The highest BCUT2D eigenvalue weighted by Gasteiger charge is 2.40. The quantitative estimate of drug-likeness (QED) is 0.446. The summed E-state index contributed by atoms with van der Waals surface area (Å²) in [5.74, 6) is 0.283. The minimum Gasteiger partial charge on any atom is -0.416 e. The summed E-state index contributed by atoms with van der Waals surface area (Å²) in [6.07, 6.45) is 4.01. The maximum absolute atomic E-state index is 9.49. The number of hydrogen-bond acceptors (Lipinski definition) is 4. The molecule has 0 aliphatic heterocycles. The number of aliphatic hydroxyl groups is 1. The van der Waals surface area contributed by atoms with Gasteiger partial charge in [0, 0.05) is 32.2 Å². The van der Waals surface area contributed by atoms with E-state index in [0.29, 0.717) is 6.61 Å². The van der Waals surface area contributed by atoms with Crippen LogP contribution in [0.5, 0.6) is 0 Å². The molecule has 0 amide bonds. The van der Waals surface area contributed by atoms with E-state index in [2.05, 4.69) is 33.9 Å². The molecule has 5 heteroatoms. The lowest BCUT2D eigenvalue weighted by Gasteiger charge is -2.38. The van der Waals surface area contributed by atoms with E-state index in [1.165, 1.54) is 0 Å². The lowest BCUT2D eigenvalue weighted by molar-refractivity contribution is -0.0818. The minimum atomic E-state index is -1.77. The summed E-state index contributed by atoms with van der Waals surface area (Å²) in [5, 5.41) is 9.68. The predicted molar refractivity (Wildman–Crippen MR) is 83.1 cm³/mol. The SMILES string of the molecule is COCO[C@H]1C=C[C@@H](CO)[C@H]1CO[Si](C)(C)C(C)(C)C. The van der Waals surface area contributed by atoms with Gasteiger partial charge in [0.1, 0.15) is 6.79 Å². The Balaban J connectivity index is 2.62. The normalized spacial score (nSPS) is 27.2. The molecule has 1 aliphatic rings. The Kier molecular flexibility index (Phi) is 6.41. The van der Waals surface area contributed by atoms with Crippen LogP contribution in [0, 0.1) is 11.8 Å². The number of ether oxygens (including phenoxy) is 2. The fourth-order valence-corrected chi connectivity index (χ4v) is 3.08. The van der Waals surface area contributed by atoms with E-state index in [9.17, 15) is 5.11 Å². The molecule has 1 N–H and O–H groups in total. The van der Waals surface area contributed by atoms with Crippen LogP contribution in [0.2, 0.25) is 18.1 Å². The van der Waals surface area contributed by atoms with Crippen molar-refractivity contribution in [2.75, 3.05) is 27.1 Å². The Labute approximate surface area is 124 Å². The second-order valence-electron chi connectivity index (χ2n) is 7.00. The van der Waals surface area contributed by atoms with Crippen LogP contribution in [0.1, 0.15) is 20.8 Å². The molecule has 4 nitrogen and oxygen atoms in total. The lowest BCUT2D eigenvalue weighted by atomic mass is 9.95. The van der Waals surface area contributed by atoms with E-state index in [4.69, 9.17) is 13.9 Å². The monoisotopic (exact) mass is 302 g/mol. The second-order valence-corrected chi connectivity index (χ2v) is 11.8. The third-order valence-electron chi connectivity index (χ3n) is 4.55. The Morgan fingerprint density at radius 2 is 1.85 bits per heavy atom. The van der Waals surface area contributed by atoms with Gasteiger partial charge in [0.2, 0.25) is 0 Å². The Morgan fingerprint density at radius 1 is 1.20 bits per heavy atom. The average Bonchev–Trinajstić information content (AvgIpc) is 2.74. The van der Waals surface area contributed by atoms with Crippen molar-refractivity contribution in [3.05, 3.63) is 12.2 Å². The highest BCUT2D eigenvalue weighted by Crippen LogP contribution is 2.38. The van der Waals surface area contributed by atoms with Crippen molar-refractivity contribution in [1.82, 2.24) is 0 Å². The molecule has 0 aromatic heterocycles. The average molecular weight is 302 g/mol. The van der Waals surface area contributed by atoms with Crippen LogP contribution < -0.4 is 0 Å². The van der Waals surface area contributed by atoms with Gasteiger partial charge in [-0.05, 0) is 18.1 Å². The standard InChI is InChI=1S/C15H30O4Si/c1-15(2,3)20(5,6)19-10-13-12(9-16)7-8-14(13)18-11-17-4/h7-8,12-14,16H,9-11H2,1-6H3/t12-,13+,14-/m0/s1. The van der Waals surface area contributed by atoms with Gasteiger partial charge in [-0.1, -0.05) is 32.9 Å². The van der Waals surface area contributed by atoms with Gasteiger partial charge in [-0.2, -0.15) is 0 Å². The van der Waals surface area contributed by atoms with Crippen molar-refractivity contribution in [1.29, 1.82) is 0 Å². The molecular formula is C15H30O4Si. The zero-order chi connectivity index (χ0) is 15.4. The van der Waals surface area contributed by atoms with E-state index in [-0.39, 0.29) is 36.4 Å². The zero-order valence-electron chi connectivity index (χ0n) is 13.7. The van der Waals surface area contributed by atoms with E-state index in [1.54, 1.807) is 7.11 Å². The molecule has 0 saturated carbocycles. The summed E-state index contributed by atoms with van der Waals surface area (Å²) in [5.41, 5.74) is 0. The van der Waals surface area contributed by atoms with Gasteiger partial charge in [0.05, 0.1) is 6.10 Å². The topological polar surface area (TPSA) is 47.9 Å². The largest absolute Gasteiger partial charge is 0.416 e. The summed E-state index contributed by atoms with van der Waals surface area (Å²) >= 11 is 0. The van der Waals surface area contributed by atoms with Gasteiger partial charge >= 0.3 is 0 Å². The first kappa shape index (κ1) is 17.8. The summed E-state index contributed by atoms with van der Waals surface area (Å²) in [7, 11) is -0.157. The molecule has 0 aromatic rings. The van der Waals surface area contributed by atoms with Crippen LogP contribution in [0.3, 0.4) is 0 Å². The first-order chi connectivity index (χ1) is 9.23. The molecule has 3 atom stereocenters. The third-order valence-corrected chi connectivity index (χ3v) is 9.05. The van der Waals surface area contributed by atoms with Gasteiger partial charge in [-0.15, -0.1) is 0 Å². The van der Waals surface area contributed by atoms with Gasteiger partial charge in [0.25, 0.3) is 0 Å². The molecule has 118 valence electrons. The molecule has 0 spiro atoms. The number of rotatable bonds is 7. The molecule has 0 aromatic carbocycles. The molecule has 1 rings (SSSR count). The summed E-state index contributed by atoms with van der Waals surface area (Å²) in [4.78, 5) is 0. The van der Waals surface area contributed by atoms with Crippen molar-refractivity contribution in [3.63, 3.8) is 0 Å². The Morgan fingerprint density at radius 3 is 2.35 bits per heavy atom. The first-order valence-electron chi connectivity index (χ1n) is 7.26. The van der Waals surface area contributed by atoms with Crippen LogP contribution in [-0.4, -0.2) is 46.6 Å². The van der Waals surface area contributed by atoms with Crippen LogP contribution in [-0.2, 0) is 13.9 Å². The van der Waals surface area contributed by atoms with Crippen LogP contribution in [0.25, 0.3) is 0 Å². The maximum Gasteiger partial charge on any atom is 0.191 e. The number of methoxy groups -OCH3 is 1. The van der Waals surface area contributed by atoms with Crippen LogP contribution in [0.4, 0.5) is 0 Å². The van der Waals surface area contributed by atoms with Gasteiger partial charge in [0.15, 0.2) is 8.32 Å². The Bertz CT molecular complexity index is 322. The molecule has 1 aliphatic carbocycles. The first-order valence-corrected chi connectivity index (χ1v) is 10.2. The molecule has 0 unspecified atom stereocenters. The molecule has 0 fully saturated rings. The van der Waals surface area contributed by atoms with E-state index < -0.39 is 8.32 Å². The maximum atomic E-state index is 9.49. The fourth-order valence-electron chi connectivity index (χ4n) is 2.04. The summed E-state index contributed by atoms with van der Waals surface area (Å²) < 4.78 is 16.9. The van der Waals surface area contributed by atoms with Gasteiger partial charge in [-0.3, -0.25) is 0 Å². The van der Waals surface area contributed by atoms with E-state index >= 15 is 0 Å². The zero-order valence-corrected chi connectivity index (χ0v) is 14.7. The second kappa shape index (κ2) is 7.18. The van der Waals surface area contributed by atoms with Crippen molar-refractivity contribution >= 4 is 8.32 Å². The minimum absolute atomic E-state index is 0.0307. The third kappa shape index (κ3) is 4.40. The van der Waals surface area contributed by atoms with E-state index in [1.807, 2.05) is 12.2 Å². The highest BCUT2D eigenvalue weighted by molar-refractivity contribution is 6.74. The number of aliphatic hydroxyl groups excluding tert-OH is 1. The highest BCUT2D eigenvalue weighted by atomic mass is 28.4. The fraction of sp³-hybridized carbons (Fsp3) is 0.867. The van der Waals surface area contributed by atoms with Crippen molar-refractivity contribution in [2.24, 2.45) is 11.8 Å². The number of hydrogen-bond donors (Lipinski definition) is 1. The van der Waals surface area contributed by atoms with Crippen LogP contribution >= 0.6 is 0 Å². The summed E-state index contributed by atoms with van der Waals surface area (Å²) in [6, 6.07) is 0. The molecule has 0 saturated heterocycles. The molecular weight excluding hydrogens is 272 g/mol. The molecule has 0 heterocycles. The lowest BCUT2D eigenvalue weighted by Crippen LogP contribution is -2.43. The molecule has 0 radical (unpaired) electrons. The van der Waals surface area contributed by atoms with Gasteiger partial charge in [-0.25, -0.2) is 0 Å². The van der Waals surface area contributed by atoms with Crippen molar-refractivity contribution in [3.8, 4) is 0 Å². The predicted octanol–water partition coefficient (Wildman–Crippen LogP) is 2.79. The molecule has 20 heavy (non-hydrogen) atoms. The molecule has 0 bridgehead atoms.